The number of aryl methyl sites for hydroxylation is 1. The molecular weight excluding hydrogens is 777 g/mol. The van der Waals surface area contributed by atoms with Crippen molar-refractivity contribution in [3.8, 4) is 5.88 Å². The largest absolute Gasteiger partial charge is 0.475 e. The van der Waals surface area contributed by atoms with Crippen LogP contribution in [0.25, 0.3) is 0 Å². The lowest BCUT2D eigenvalue weighted by Crippen LogP contribution is -2.68. The Hall–Kier alpha value is -1.63. The fraction of sp³-hybridized carbons (Fsp3) is 0.833. The molecule has 2 heterocycles. The Labute approximate surface area is 360 Å². The van der Waals surface area contributed by atoms with Crippen LogP contribution in [0.4, 0.5) is 0 Å². The minimum atomic E-state index is -2.87. The van der Waals surface area contributed by atoms with E-state index in [9.17, 15) is 13.5 Å². The zero-order chi connectivity index (χ0) is 42.2. The molecule has 8 rings (SSSR count). The minimum absolute atomic E-state index is 0.0526. The molecule has 0 spiro atoms. The van der Waals surface area contributed by atoms with Gasteiger partial charge in [0.25, 0.3) is 0 Å². The van der Waals surface area contributed by atoms with Crippen LogP contribution >= 0.6 is 11.7 Å². The van der Waals surface area contributed by atoms with Crippen LogP contribution in [0, 0.1) is 63.6 Å². The minimum Gasteiger partial charge on any atom is -0.475 e. The van der Waals surface area contributed by atoms with Gasteiger partial charge in [0.1, 0.15) is 12.3 Å². The molecule has 11 heteroatoms. The number of nitrogens with zero attached hydrogens (tertiary/aromatic N) is 3. The van der Waals surface area contributed by atoms with Crippen molar-refractivity contribution in [1.29, 1.82) is 0 Å². The smallest absolute Gasteiger partial charge is 0.248 e. The molecule has 0 aromatic carbocycles. The predicted octanol–water partition coefficient (Wildman–Crippen LogP) is 8.94. The third kappa shape index (κ3) is 7.27. The van der Waals surface area contributed by atoms with Crippen molar-refractivity contribution in [2.75, 3.05) is 50.9 Å². The van der Waals surface area contributed by atoms with Crippen LogP contribution in [-0.4, -0.2) is 89.9 Å². The monoisotopic (exact) mass is 853 g/mol. The lowest BCUT2D eigenvalue weighted by Gasteiger charge is -2.72. The maximum absolute atomic E-state index is 12.1. The molecular formula is C48H76N4O5S2. The SMILES string of the molecule is C=C(C)[C@@H]1CC[C@]2(NCCN3CCS(=O)(=O)CC3)CC[C@]3(C)[C@H](CC[C@@H]4[C@@]5(C)CC=C(C6=CCC(COc7nsnc7C)(C(O)OCC)CC6)C(C)(C)[C@@H]5CC[C@]43C)[C@@H]12. The molecule has 9 nitrogen and oxygen atoms in total. The van der Waals surface area contributed by atoms with Crippen LogP contribution in [0.5, 0.6) is 5.88 Å². The third-order valence-corrected chi connectivity index (χ3v) is 21.1. The van der Waals surface area contributed by atoms with Crippen molar-refractivity contribution in [2.24, 2.45) is 56.7 Å². The first kappa shape index (κ1) is 44.0. The third-order valence-electron chi connectivity index (χ3n) is 18.9. The first-order valence-electron chi connectivity index (χ1n) is 23.3. The molecule has 0 bridgehead atoms. The number of hydrogen-bond donors (Lipinski definition) is 2. The number of rotatable bonds is 12. The average molecular weight is 853 g/mol. The number of nitrogens with one attached hydrogen (secondary N) is 1. The maximum Gasteiger partial charge on any atom is 0.248 e. The highest BCUT2D eigenvalue weighted by molar-refractivity contribution is 7.91. The second-order valence-corrected chi connectivity index (χ2v) is 24.7. The van der Waals surface area contributed by atoms with Gasteiger partial charge < -0.3 is 24.8 Å². The molecule has 0 radical (unpaired) electrons. The van der Waals surface area contributed by atoms with E-state index in [1.165, 1.54) is 62.5 Å². The van der Waals surface area contributed by atoms with Crippen LogP contribution in [0.15, 0.2) is 35.5 Å². The number of allylic oxidation sites excluding steroid dienone is 5. The summed E-state index contributed by atoms with van der Waals surface area (Å²) in [6.07, 6.45) is 17.9. The van der Waals surface area contributed by atoms with Crippen LogP contribution in [-0.2, 0) is 14.6 Å². The van der Waals surface area contributed by atoms with Gasteiger partial charge in [-0.25, -0.2) is 8.42 Å². The highest BCUT2D eigenvalue weighted by Crippen LogP contribution is 2.76. The Bertz CT molecular complexity index is 1910. The van der Waals surface area contributed by atoms with Crippen LogP contribution in [0.1, 0.15) is 131 Å². The summed E-state index contributed by atoms with van der Waals surface area (Å²) in [4.78, 5) is 2.36. The molecule has 2 N–H and O–H groups in total. The lowest BCUT2D eigenvalue weighted by molar-refractivity contribution is -0.221. The van der Waals surface area contributed by atoms with Crippen molar-refractivity contribution in [3.05, 3.63) is 41.1 Å². The fourth-order valence-electron chi connectivity index (χ4n) is 15.5. The first-order valence-corrected chi connectivity index (χ1v) is 25.8. The Morgan fingerprint density at radius 2 is 1.75 bits per heavy atom. The number of aromatic nitrogens is 2. The Morgan fingerprint density at radius 3 is 2.41 bits per heavy atom. The normalized spacial score (nSPS) is 42.0. The van der Waals surface area contributed by atoms with Crippen LogP contribution in [0.3, 0.4) is 0 Å². The second kappa shape index (κ2) is 15.9. The van der Waals surface area contributed by atoms with Gasteiger partial charge in [0.05, 0.1) is 28.6 Å². The van der Waals surface area contributed by atoms with Crippen LogP contribution in [0.2, 0.25) is 0 Å². The Kier molecular flexibility index (Phi) is 11.8. The first-order chi connectivity index (χ1) is 27.8. The molecule has 1 aromatic rings. The molecule has 1 saturated heterocycles. The number of sulfone groups is 1. The van der Waals surface area contributed by atoms with Crippen LogP contribution < -0.4 is 10.1 Å². The summed E-state index contributed by atoms with van der Waals surface area (Å²) < 4.78 is 44.9. The van der Waals surface area contributed by atoms with Gasteiger partial charge >= 0.3 is 0 Å². The molecule has 1 aromatic heterocycles. The highest BCUT2D eigenvalue weighted by Gasteiger charge is 2.70. The van der Waals surface area contributed by atoms with Crippen molar-refractivity contribution in [1.82, 2.24) is 19.0 Å². The van der Waals surface area contributed by atoms with E-state index in [-0.39, 0.29) is 27.2 Å². The average Bonchev–Trinajstić information content (AvgIpc) is 3.78. The van der Waals surface area contributed by atoms with Gasteiger partial charge in [0, 0.05) is 38.3 Å². The molecule has 6 aliphatic carbocycles. The van der Waals surface area contributed by atoms with E-state index in [0.29, 0.717) is 79.7 Å². The van der Waals surface area contributed by atoms with Crippen molar-refractivity contribution < 1.29 is 23.0 Å². The quantitative estimate of drug-likeness (QED) is 0.157. The van der Waals surface area contributed by atoms with E-state index in [4.69, 9.17) is 9.47 Å². The summed E-state index contributed by atoms with van der Waals surface area (Å²) in [5, 5.41) is 15.6. The summed E-state index contributed by atoms with van der Waals surface area (Å²) in [7, 11) is -2.87. The van der Waals surface area contributed by atoms with E-state index in [2.05, 4.69) is 79.2 Å². The van der Waals surface area contributed by atoms with E-state index in [0.717, 1.165) is 49.8 Å². The molecule has 11 atom stereocenters. The summed E-state index contributed by atoms with van der Waals surface area (Å²) >= 11 is 1.16. The zero-order valence-corrected chi connectivity index (χ0v) is 39.3. The molecule has 5 fully saturated rings. The predicted molar refractivity (Wildman–Crippen MR) is 238 cm³/mol. The Morgan fingerprint density at radius 1 is 0.983 bits per heavy atom. The van der Waals surface area contributed by atoms with E-state index in [1.807, 2.05) is 13.8 Å². The molecule has 330 valence electrons. The maximum atomic E-state index is 12.1. The zero-order valence-electron chi connectivity index (χ0n) is 37.7. The van der Waals surface area contributed by atoms with Gasteiger partial charge in [-0.05, 0) is 160 Å². The number of hydrogen-bond acceptors (Lipinski definition) is 10. The number of aliphatic hydroxyl groups is 1. The van der Waals surface area contributed by atoms with Gasteiger partial charge in [-0.1, -0.05) is 58.9 Å². The number of fused-ring (bicyclic) bond motifs is 7. The van der Waals surface area contributed by atoms with Crippen molar-refractivity contribution in [3.63, 3.8) is 0 Å². The fourth-order valence-corrected chi connectivity index (χ4v) is 17.3. The summed E-state index contributed by atoms with van der Waals surface area (Å²) in [5.74, 6) is 4.31. The molecule has 7 aliphatic rings. The van der Waals surface area contributed by atoms with E-state index >= 15 is 0 Å². The van der Waals surface area contributed by atoms with Gasteiger partial charge in [-0.3, -0.25) is 0 Å². The molecule has 1 aliphatic heterocycles. The number of aliphatic hydroxyl groups excluding tert-OH is 1. The van der Waals surface area contributed by atoms with Crippen molar-refractivity contribution in [2.45, 2.75) is 144 Å². The summed E-state index contributed by atoms with van der Waals surface area (Å²) in [6, 6.07) is 0. The molecule has 4 saturated carbocycles. The molecule has 59 heavy (non-hydrogen) atoms. The number of ether oxygens (including phenoxy) is 2. The van der Waals surface area contributed by atoms with Gasteiger partial charge in [0.15, 0.2) is 16.1 Å². The topological polar surface area (TPSA) is 114 Å². The van der Waals surface area contributed by atoms with Gasteiger partial charge in [-0.15, -0.1) is 4.37 Å². The summed E-state index contributed by atoms with van der Waals surface area (Å²) in [6.45, 7) is 28.1. The lowest BCUT2D eigenvalue weighted by atomic mass is 9.33. The van der Waals surface area contributed by atoms with Crippen molar-refractivity contribution >= 4 is 21.6 Å². The molecule has 0 amide bonds. The van der Waals surface area contributed by atoms with E-state index in [1.54, 1.807) is 5.57 Å². The summed E-state index contributed by atoms with van der Waals surface area (Å²) in [5.41, 5.74) is 5.63. The van der Waals surface area contributed by atoms with Gasteiger partial charge in [0.2, 0.25) is 5.88 Å². The highest BCUT2D eigenvalue weighted by atomic mass is 32.2. The Balaban J connectivity index is 1.01. The standard InChI is InChI=1S/C48H76N4O5S2/c1-10-56-42(53)47(31-57-41-33(4)50-58-51-41)20-13-34(14-21-47)36-16-18-44(7)38(43(36,5)6)17-19-46(9)39(44)12-11-37-40-35(32(2)3)15-22-48(40,24-23-45(37,46)8)49-25-26-52-27-29-59(54,55)30-28-52/h13,16,35,37-40,42,49,53H,2,10-12,14-15,17-31H2,1,3-9H3/t35-,37+,38-,39+,40+,42?,44-,45+,46+,47?,48-/m0/s1. The molecule has 2 unspecified atom stereocenters. The van der Waals surface area contributed by atoms with E-state index < -0.39 is 21.5 Å². The second-order valence-electron chi connectivity index (χ2n) is 21.9. The van der Waals surface area contributed by atoms with Gasteiger partial charge in [-0.2, -0.15) is 4.37 Å².